The van der Waals surface area contributed by atoms with Crippen molar-refractivity contribution < 1.29 is 9.47 Å². The number of hydrogen-bond acceptors (Lipinski definition) is 4. The number of nitrogens with one attached hydrogen (secondary N) is 1. The fourth-order valence-electron chi connectivity index (χ4n) is 5.47. The average molecular weight is 507 g/mol. The Labute approximate surface area is 220 Å². The summed E-state index contributed by atoms with van der Waals surface area (Å²) in [5.74, 6) is 2.52. The van der Waals surface area contributed by atoms with Gasteiger partial charge in [0.15, 0.2) is 17.3 Å². The number of rotatable bonds is 4. The molecule has 2 aromatic heterocycles. The van der Waals surface area contributed by atoms with Crippen molar-refractivity contribution in [1.29, 1.82) is 0 Å². The van der Waals surface area contributed by atoms with E-state index in [9.17, 15) is 0 Å². The van der Waals surface area contributed by atoms with E-state index in [4.69, 9.17) is 26.8 Å². The Morgan fingerprint density at radius 3 is 2.41 bits per heavy atom. The van der Waals surface area contributed by atoms with Crippen LogP contribution < -0.4 is 14.8 Å². The molecule has 0 saturated heterocycles. The van der Waals surface area contributed by atoms with E-state index >= 15 is 0 Å². The van der Waals surface area contributed by atoms with Crippen LogP contribution in [0, 0.1) is 0 Å². The van der Waals surface area contributed by atoms with Gasteiger partial charge in [-0.1, -0.05) is 66.8 Å². The largest absolute Gasteiger partial charge is 0.486 e. The van der Waals surface area contributed by atoms with Crippen LogP contribution in [0.4, 0.5) is 5.69 Å². The van der Waals surface area contributed by atoms with E-state index < -0.39 is 0 Å². The van der Waals surface area contributed by atoms with Crippen LogP contribution in [0.25, 0.3) is 28.2 Å². The van der Waals surface area contributed by atoms with Crippen LogP contribution in [0.3, 0.4) is 0 Å². The highest BCUT2D eigenvalue weighted by Crippen LogP contribution is 2.42. The molecule has 0 bridgehead atoms. The van der Waals surface area contributed by atoms with Crippen LogP contribution in [-0.4, -0.2) is 32.4 Å². The van der Waals surface area contributed by atoms with Crippen molar-refractivity contribution in [1.82, 2.24) is 14.2 Å². The number of para-hydroxylation sites is 1. The molecule has 37 heavy (non-hydrogen) atoms. The Morgan fingerprint density at radius 1 is 0.838 bits per heavy atom. The Bertz CT molecular complexity index is 1620. The van der Waals surface area contributed by atoms with E-state index in [1.807, 2.05) is 42.5 Å². The Morgan fingerprint density at radius 2 is 1.59 bits per heavy atom. The minimum Gasteiger partial charge on any atom is -0.486 e. The highest BCUT2D eigenvalue weighted by Gasteiger charge is 2.30. The second-order valence-corrected chi connectivity index (χ2v) is 9.82. The first-order valence-corrected chi connectivity index (χ1v) is 13.1. The highest BCUT2D eigenvalue weighted by atomic mass is 32.1. The molecule has 3 aromatic carbocycles. The van der Waals surface area contributed by atoms with Gasteiger partial charge in [0.1, 0.15) is 29.5 Å². The molecule has 2 aliphatic heterocycles. The minimum atomic E-state index is 0.551. The van der Waals surface area contributed by atoms with Crippen molar-refractivity contribution in [3.63, 3.8) is 0 Å². The fraction of sp³-hybridized carbons (Fsp3) is 0.200. The van der Waals surface area contributed by atoms with Gasteiger partial charge in [-0.15, -0.1) is 5.10 Å². The van der Waals surface area contributed by atoms with E-state index in [2.05, 4.69) is 50.8 Å². The number of benzene rings is 3. The molecule has 0 atom stereocenters. The third kappa shape index (κ3) is 3.78. The van der Waals surface area contributed by atoms with Crippen LogP contribution in [0.15, 0.2) is 78.9 Å². The molecule has 0 aliphatic carbocycles. The summed E-state index contributed by atoms with van der Waals surface area (Å²) >= 11 is 6.09. The quantitative estimate of drug-likeness (QED) is 0.287. The summed E-state index contributed by atoms with van der Waals surface area (Å²) in [5.41, 5.74) is 7.53. The molecular formula is C30H26N4O2S. The van der Waals surface area contributed by atoms with E-state index in [1.54, 1.807) is 0 Å². The zero-order chi connectivity index (χ0) is 24.8. The summed E-state index contributed by atoms with van der Waals surface area (Å²) in [6, 6.07) is 26.7. The van der Waals surface area contributed by atoms with Crippen molar-refractivity contribution in [2.45, 2.75) is 25.8 Å². The second-order valence-electron chi connectivity index (χ2n) is 9.41. The highest BCUT2D eigenvalue weighted by molar-refractivity contribution is 7.81. The van der Waals surface area contributed by atoms with E-state index in [0.29, 0.717) is 18.2 Å². The molecule has 6 nitrogen and oxygen atoms in total. The number of anilines is 1. The molecule has 0 unspecified atom stereocenters. The number of aryl methyl sites for hydroxylation is 2. The first-order chi connectivity index (χ1) is 18.3. The van der Waals surface area contributed by atoms with Crippen LogP contribution in [0.2, 0.25) is 0 Å². The maximum Gasteiger partial charge on any atom is 0.162 e. The molecule has 184 valence electrons. The molecule has 1 N–H and O–H groups in total. The molecule has 0 saturated carbocycles. The van der Waals surface area contributed by atoms with Gasteiger partial charge in [-0.3, -0.25) is 0 Å². The van der Waals surface area contributed by atoms with Crippen molar-refractivity contribution >= 4 is 28.5 Å². The van der Waals surface area contributed by atoms with Gasteiger partial charge in [0.2, 0.25) is 0 Å². The SMILES string of the molecule is S=C(Nc1ccccc1)c1c(-c2ccc3c(c2)OCCO3)c2c3n(c(-c4ccccc4)nn13)CCCC2. The lowest BCUT2D eigenvalue weighted by Gasteiger charge is -2.19. The molecule has 7 heteroatoms. The van der Waals surface area contributed by atoms with Crippen molar-refractivity contribution in [2.24, 2.45) is 0 Å². The van der Waals surface area contributed by atoms with Crippen LogP contribution in [-0.2, 0) is 13.0 Å². The molecule has 0 fully saturated rings. The Kier molecular flexibility index (Phi) is 5.43. The summed E-state index contributed by atoms with van der Waals surface area (Å²) in [4.78, 5) is 0.641. The van der Waals surface area contributed by atoms with Gasteiger partial charge in [-0.05, 0) is 49.1 Å². The van der Waals surface area contributed by atoms with Gasteiger partial charge in [0.25, 0.3) is 0 Å². The summed E-state index contributed by atoms with van der Waals surface area (Å²) in [7, 11) is 0. The zero-order valence-corrected chi connectivity index (χ0v) is 21.1. The summed E-state index contributed by atoms with van der Waals surface area (Å²) in [6.45, 7) is 2.04. The lowest BCUT2D eigenvalue weighted by atomic mass is 9.97. The molecule has 0 radical (unpaired) electrons. The van der Waals surface area contributed by atoms with Gasteiger partial charge >= 0.3 is 0 Å². The van der Waals surface area contributed by atoms with Crippen molar-refractivity contribution in [2.75, 3.05) is 18.5 Å². The first-order valence-electron chi connectivity index (χ1n) is 12.7. The second kappa shape index (κ2) is 9.09. The number of nitrogens with zero attached hydrogens (tertiary/aromatic N) is 3. The fourth-order valence-corrected chi connectivity index (χ4v) is 5.78. The lowest BCUT2D eigenvalue weighted by Crippen LogP contribution is -2.16. The average Bonchev–Trinajstić information content (AvgIpc) is 3.37. The topological polar surface area (TPSA) is 52.7 Å². The summed E-state index contributed by atoms with van der Waals surface area (Å²) < 4.78 is 16.2. The Hall–Kier alpha value is -4.10. The van der Waals surface area contributed by atoms with Crippen LogP contribution in [0.5, 0.6) is 11.5 Å². The van der Waals surface area contributed by atoms with E-state index in [-0.39, 0.29) is 0 Å². The molecular weight excluding hydrogens is 480 g/mol. The summed E-state index contributed by atoms with van der Waals surface area (Å²) in [6.07, 6.45) is 3.16. The maximum absolute atomic E-state index is 6.09. The standard InChI is InChI=1S/C30H26N4O2S/c37-29(31-22-11-5-2-6-12-22)27-26(21-14-15-24-25(19-21)36-18-17-35-24)23-13-7-8-16-33-28(32-34(27)30(23)33)20-9-3-1-4-10-20/h1-6,9-12,14-15,19H,7-8,13,16-18H2,(H,31,37). The van der Waals surface area contributed by atoms with Gasteiger partial charge < -0.3 is 19.4 Å². The molecule has 5 aromatic rings. The number of aromatic nitrogens is 3. The third-order valence-electron chi connectivity index (χ3n) is 7.10. The van der Waals surface area contributed by atoms with Gasteiger partial charge in [0, 0.05) is 28.9 Å². The van der Waals surface area contributed by atoms with E-state index in [1.165, 1.54) is 5.56 Å². The molecule has 4 heterocycles. The van der Waals surface area contributed by atoms with E-state index in [0.717, 1.165) is 76.8 Å². The molecule has 0 spiro atoms. The van der Waals surface area contributed by atoms with Crippen molar-refractivity contribution in [3.8, 4) is 34.0 Å². The number of fused-ring (bicyclic) bond motifs is 1. The molecule has 0 amide bonds. The van der Waals surface area contributed by atoms with Crippen LogP contribution in [0.1, 0.15) is 24.1 Å². The van der Waals surface area contributed by atoms with Gasteiger partial charge in [-0.25, -0.2) is 4.52 Å². The predicted molar refractivity (Wildman–Crippen MR) is 150 cm³/mol. The predicted octanol–water partition coefficient (Wildman–Crippen LogP) is 6.36. The Balaban J connectivity index is 1.48. The first kappa shape index (κ1) is 22.1. The van der Waals surface area contributed by atoms with Crippen molar-refractivity contribution in [3.05, 3.63) is 90.1 Å². The number of thiocarbonyl (C=S) groups is 1. The van der Waals surface area contributed by atoms with Gasteiger partial charge in [0.05, 0.1) is 0 Å². The smallest absolute Gasteiger partial charge is 0.162 e. The maximum atomic E-state index is 6.09. The summed E-state index contributed by atoms with van der Waals surface area (Å²) in [5, 5.41) is 8.66. The molecule has 2 aliphatic rings. The minimum absolute atomic E-state index is 0.551. The van der Waals surface area contributed by atoms with Gasteiger partial charge in [-0.2, -0.15) is 0 Å². The normalized spacial score (nSPS) is 14.4. The number of ether oxygens (including phenoxy) is 2. The molecule has 7 rings (SSSR count). The number of hydrogen-bond donors (Lipinski definition) is 1. The third-order valence-corrected chi connectivity index (χ3v) is 7.39. The monoisotopic (exact) mass is 506 g/mol. The zero-order valence-electron chi connectivity index (χ0n) is 20.3. The lowest BCUT2D eigenvalue weighted by molar-refractivity contribution is 0.171. The van der Waals surface area contributed by atoms with Crippen LogP contribution >= 0.6 is 12.2 Å².